The Bertz CT molecular complexity index is 290. The second-order valence-corrected chi connectivity index (χ2v) is 3.48. The smallest absolute Gasteiger partial charge is 0.303 e. The zero-order chi connectivity index (χ0) is 10.4. The van der Waals surface area contributed by atoms with Gasteiger partial charge in [-0.1, -0.05) is 30.4 Å². The van der Waals surface area contributed by atoms with Crippen molar-refractivity contribution in [1.29, 1.82) is 0 Å². The van der Waals surface area contributed by atoms with E-state index in [1.165, 1.54) is 0 Å². The van der Waals surface area contributed by atoms with Crippen molar-refractivity contribution in [2.45, 2.75) is 12.8 Å². The molecule has 0 aromatic heterocycles. The number of alkyl halides is 1. The van der Waals surface area contributed by atoms with Gasteiger partial charge in [0.1, 0.15) is 0 Å². The van der Waals surface area contributed by atoms with Crippen LogP contribution < -0.4 is 0 Å². The van der Waals surface area contributed by atoms with Gasteiger partial charge < -0.3 is 5.11 Å². The summed E-state index contributed by atoms with van der Waals surface area (Å²) in [6.07, 6.45) is 10.7. The first-order chi connectivity index (χ1) is 6.72. The van der Waals surface area contributed by atoms with E-state index in [2.05, 4.69) is 0 Å². The predicted octanol–water partition coefficient (Wildman–Crippen LogP) is 2.76. The third-order valence-electron chi connectivity index (χ3n) is 2.05. The number of rotatable bonds is 4. The molecular formula is C11H13ClO2. The number of aliphatic carboxylic acids is 1. The number of halogens is 1. The summed E-state index contributed by atoms with van der Waals surface area (Å²) in [5.41, 5.74) is 1.05. The predicted molar refractivity (Wildman–Crippen MR) is 57.4 cm³/mol. The third-order valence-corrected chi connectivity index (χ3v) is 2.36. The number of hydrogen-bond donors (Lipinski definition) is 1. The van der Waals surface area contributed by atoms with Gasteiger partial charge in [0.2, 0.25) is 0 Å². The highest BCUT2D eigenvalue weighted by Crippen LogP contribution is 2.17. The molecule has 0 saturated carbocycles. The van der Waals surface area contributed by atoms with E-state index >= 15 is 0 Å². The average Bonchev–Trinajstić information content (AvgIpc) is 2.39. The minimum absolute atomic E-state index is 0.190. The van der Waals surface area contributed by atoms with E-state index in [4.69, 9.17) is 16.7 Å². The molecule has 1 N–H and O–H groups in total. The van der Waals surface area contributed by atoms with E-state index in [9.17, 15) is 4.79 Å². The fraction of sp³-hybridized carbons (Fsp3) is 0.364. The molecular weight excluding hydrogens is 200 g/mol. The highest BCUT2D eigenvalue weighted by atomic mass is 35.5. The molecule has 1 aliphatic rings. The SMILES string of the molecule is O=C(O)CCC1C=CC=CC(CCl)=C1. The maximum absolute atomic E-state index is 10.4. The summed E-state index contributed by atoms with van der Waals surface area (Å²) < 4.78 is 0. The average molecular weight is 213 g/mol. The van der Waals surface area contributed by atoms with Gasteiger partial charge in [0.25, 0.3) is 0 Å². The van der Waals surface area contributed by atoms with Crippen LogP contribution >= 0.6 is 11.6 Å². The van der Waals surface area contributed by atoms with Crippen LogP contribution in [-0.2, 0) is 4.79 Å². The van der Waals surface area contributed by atoms with Crippen molar-refractivity contribution in [2.75, 3.05) is 5.88 Å². The van der Waals surface area contributed by atoms with E-state index in [0.29, 0.717) is 12.3 Å². The fourth-order valence-electron chi connectivity index (χ4n) is 1.33. The maximum Gasteiger partial charge on any atom is 0.303 e. The quantitative estimate of drug-likeness (QED) is 0.728. The van der Waals surface area contributed by atoms with Gasteiger partial charge >= 0.3 is 5.97 Å². The summed E-state index contributed by atoms with van der Waals surface area (Å²) >= 11 is 5.72. The Labute approximate surface area is 88.6 Å². The Morgan fingerprint density at radius 1 is 1.50 bits per heavy atom. The molecule has 0 bridgehead atoms. The highest BCUT2D eigenvalue weighted by molar-refractivity contribution is 6.19. The van der Waals surface area contributed by atoms with Crippen LogP contribution in [0.4, 0.5) is 0 Å². The largest absolute Gasteiger partial charge is 0.481 e. The molecule has 0 spiro atoms. The molecule has 0 aromatic rings. The van der Waals surface area contributed by atoms with Crippen LogP contribution in [0.3, 0.4) is 0 Å². The van der Waals surface area contributed by atoms with E-state index in [-0.39, 0.29) is 12.3 Å². The molecule has 1 rings (SSSR count). The van der Waals surface area contributed by atoms with Crippen molar-refractivity contribution < 1.29 is 9.90 Å². The van der Waals surface area contributed by atoms with E-state index in [0.717, 1.165) is 5.57 Å². The van der Waals surface area contributed by atoms with Crippen molar-refractivity contribution in [3.8, 4) is 0 Å². The standard InChI is InChI=1S/C11H13ClO2/c12-8-10-4-2-1-3-9(7-10)5-6-11(13)14/h1-4,7,9H,5-6,8H2,(H,13,14). The lowest BCUT2D eigenvalue weighted by molar-refractivity contribution is -0.137. The van der Waals surface area contributed by atoms with Crippen molar-refractivity contribution in [1.82, 2.24) is 0 Å². The summed E-state index contributed by atoms with van der Waals surface area (Å²) in [5.74, 6) is -0.0897. The topological polar surface area (TPSA) is 37.3 Å². The number of carbonyl (C=O) groups is 1. The van der Waals surface area contributed by atoms with Gasteiger partial charge in [0.05, 0.1) is 0 Å². The first kappa shape index (κ1) is 11.1. The summed E-state index contributed by atoms with van der Waals surface area (Å²) in [4.78, 5) is 10.4. The van der Waals surface area contributed by atoms with Crippen LogP contribution in [0.15, 0.2) is 36.0 Å². The molecule has 2 nitrogen and oxygen atoms in total. The Morgan fingerprint density at radius 2 is 2.29 bits per heavy atom. The Balaban J connectivity index is 2.56. The molecule has 0 radical (unpaired) electrons. The summed E-state index contributed by atoms with van der Waals surface area (Å²) in [5, 5.41) is 8.55. The molecule has 3 heteroatoms. The third kappa shape index (κ3) is 3.79. The highest BCUT2D eigenvalue weighted by Gasteiger charge is 2.06. The minimum Gasteiger partial charge on any atom is -0.481 e. The Kier molecular flexibility index (Phi) is 4.47. The van der Waals surface area contributed by atoms with Gasteiger partial charge in [-0.3, -0.25) is 4.79 Å². The number of allylic oxidation sites excluding steroid dienone is 6. The first-order valence-electron chi connectivity index (χ1n) is 4.55. The van der Waals surface area contributed by atoms with Gasteiger partial charge in [-0.15, -0.1) is 11.6 Å². The van der Waals surface area contributed by atoms with E-state index < -0.39 is 5.97 Å². The van der Waals surface area contributed by atoms with Crippen LogP contribution in [0, 0.1) is 5.92 Å². The number of carboxylic acid groups (broad SMARTS) is 1. The monoisotopic (exact) mass is 212 g/mol. The molecule has 0 amide bonds. The van der Waals surface area contributed by atoms with Gasteiger partial charge in [-0.2, -0.15) is 0 Å². The van der Waals surface area contributed by atoms with Crippen LogP contribution in [0.2, 0.25) is 0 Å². The number of hydrogen-bond acceptors (Lipinski definition) is 1. The fourth-order valence-corrected chi connectivity index (χ4v) is 1.51. The zero-order valence-electron chi connectivity index (χ0n) is 7.82. The molecule has 0 heterocycles. The minimum atomic E-state index is -0.753. The van der Waals surface area contributed by atoms with Gasteiger partial charge in [-0.05, 0) is 17.9 Å². The van der Waals surface area contributed by atoms with E-state index in [1.54, 1.807) is 0 Å². The second kappa shape index (κ2) is 5.66. The molecule has 0 aliphatic heterocycles. The van der Waals surface area contributed by atoms with Crippen molar-refractivity contribution in [3.05, 3.63) is 36.0 Å². The van der Waals surface area contributed by atoms with Crippen LogP contribution in [-0.4, -0.2) is 17.0 Å². The molecule has 1 aliphatic carbocycles. The lowest BCUT2D eigenvalue weighted by atomic mass is 10.0. The molecule has 14 heavy (non-hydrogen) atoms. The van der Waals surface area contributed by atoms with Gasteiger partial charge in [0, 0.05) is 12.3 Å². The normalized spacial score (nSPS) is 20.4. The maximum atomic E-state index is 10.4. The summed E-state index contributed by atoms with van der Waals surface area (Å²) in [7, 11) is 0. The summed E-state index contributed by atoms with van der Waals surface area (Å²) in [6, 6.07) is 0. The van der Waals surface area contributed by atoms with Crippen molar-refractivity contribution in [2.24, 2.45) is 5.92 Å². The van der Waals surface area contributed by atoms with Crippen molar-refractivity contribution >= 4 is 17.6 Å². The second-order valence-electron chi connectivity index (χ2n) is 3.22. The number of carboxylic acids is 1. The first-order valence-corrected chi connectivity index (χ1v) is 5.09. The molecule has 0 fully saturated rings. The molecule has 0 aromatic carbocycles. The van der Waals surface area contributed by atoms with Crippen LogP contribution in [0.25, 0.3) is 0 Å². The Morgan fingerprint density at radius 3 is 2.93 bits per heavy atom. The summed E-state index contributed by atoms with van der Waals surface area (Å²) in [6.45, 7) is 0. The van der Waals surface area contributed by atoms with Crippen LogP contribution in [0.1, 0.15) is 12.8 Å². The molecule has 1 atom stereocenters. The lowest BCUT2D eigenvalue weighted by Gasteiger charge is -2.05. The Hall–Kier alpha value is -1.02. The molecule has 0 saturated heterocycles. The zero-order valence-corrected chi connectivity index (χ0v) is 8.57. The van der Waals surface area contributed by atoms with Gasteiger partial charge in [-0.25, -0.2) is 0 Å². The van der Waals surface area contributed by atoms with Crippen LogP contribution in [0.5, 0.6) is 0 Å². The van der Waals surface area contributed by atoms with Gasteiger partial charge in [0.15, 0.2) is 0 Å². The van der Waals surface area contributed by atoms with E-state index in [1.807, 2.05) is 30.4 Å². The lowest BCUT2D eigenvalue weighted by Crippen LogP contribution is -2.00. The molecule has 76 valence electrons. The van der Waals surface area contributed by atoms with Crippen molar-refractivity contribution in [3.63, 3.8) is 0 Å². The molecule has 1 unspecified atom stereocenters.